The normalized spacial score (nSPS) is 12.9. The Morgan fingerprint density at radius 2 is 2.00 bits per heavy atom. The predicted octanol–water partition coefficient (Wildman–Crippen LogP) is 1.57. The van der Waals surface area contributed by atoms with Gasteiger partial charge in [-0.05, 0) is 35.8 Å². The molecule has 0 saturated carbocycles. The van der Waals surface area contributed by atoms with Crippen LogP contribution in [0.5, 0.6) is 0 Å². The van der Waals surface area contributed by atoms with Crippen LogP contribution in [0.25, 0.3) is 0 Å². The molecule has 0 fully saturated rings. The molecule has 3 N–H and O–H groups in total. The first kappa shape index (κ1) is 13.1. The molecule has 2 aromatic heterocycles. The number of nitrogens with two attached hydrogens (primary N) is 1. The summed E-state index contributed by atoms with van der Waals surface area (Å²) in [6, 6.07) is 1.70. The molecule has 0 bridgehead atoms. The van der Waals surface area contributed by atoms with Crippen molar-refractivity contribution in [1.82, 2.24) is 25.2 Å². The van der Waals surface area contributed by atoms with Crippen molar-refractivity contribution in [2.24, 2.45) is 5.84 Å². The Labute approximate surface area is 114 Å². The van der Waals surface area contributed by atoms with Gasteiger partial charge in [0.1, 0.15) is 6.04 Å². The van der Waals surface area contributed by atoms with Crippen LogP contribution in [0.3, 0.4) is 0 Å². The zero-order chi connectivity index (χ0) is 13.1. The Balaban J connectivity index is 2.48. The third-order valence-corrected chi connectivity index (χ3v) is 3.17. The van der Waals surface area contributed by atoms with E-state index in [1.165, 1.54) is 0 Å². The van der Waals surface area contributed by atoms with Crippen LogP contribution in [-0.2, 0) is 0 Å². The van der Waals surface area contributed by atoms with Crippen LogP contribution in [0.15, 0.2) is 29.1 Å². The molecule has 7 heteroatoms. The Kier molecular flexibility index (Phi) is 4.05. The van der Waals surface area contributed by atoms with E-state index in [-0.39, 0.29) is 12.1 Å². The van der Waals surface area contributed by atoms with Crippen molar-refractivity contribution in [3.8, 4) is 0 Å². The van der Waals surface area contributed by atoms with E-state index >= 15 is 0 Å². The Morgan fingerprint density at radius 1 is 1.33 bits per heavy atom. The summed E-state index contributed by atoms with van der Waals surface area (Å²) in [5.41, 5.74) is 3.66. The zero-order valence-electron chi connectivity index (χ0n) is 10.2. The number of halogens is 1. The van der Waals surface area contributed by atoms with Gasteiger partial charge in [0.2, 0.25) is 0 Å². The van der Waals surface area contributed by atoms with Crippen molar-refractivity contribution in [2.75, 3.05) is 0 Å². The second-order valence-corrected chi connectivity index (χ2v) is 4.98. The third kappa shape index (κ3) is 2.43. The van der Waals surface area contributed by atoms with E-state index in [2.05, 4.69) is 50.3 Å². The highest BCUT2D eigenvalue weighted by Gasteiger charge is 2.23. The fraction of sp³-hybridized carbons (Fsp3) is 0.364. The minimum Gasteiger partial charge on any atom is -0.270 e. The minimum atomic E-state index is -0.300. The largest absolute Gasteiger partial charge is 0.270 e. The van der Waals surface area contributed by atoms with E-state index in [4.69, 9.17) is 5.84 Å². The lowest BCUT2D eigenvalue weighted by atomic mass is 10.2. The molecule has 18 heavy (non-hydrogen) atoms. The number of rotatable bonds is 4. The van der Waals surface area contributed by atoms with Crippen LogP contribution < -0.4 is 11.3 Å². The number of hydrogen-bond donors (Lipinski definition) is 2. The van der Waals surface area contributed by atoms with Crippen molar-refractivity contribution in [3.63, 3.8) is 0 Å². The molecule has 0 radical (unpaired) electrons. The number of nitrogens with zero attached hydrogens (tertiary/aromatic N) is 4. The molecule has 2 heterocycles. The van der Waals surface area contributed by atoms with Crippen LogP contribution in [0.2, 0.25) is 0 Å². The first-order valence-electron chi connectivity index (χ1n) is 5.61. The van der Waals surface area contributed by atoms with Crippen molar-refractivity contribution in [2.45, 2.75) is 25.9 Å². The van der Waals surface area contributed by atoms with Crippen LogP contribution in [0, 0.1) is 0 Å². The molecule has 1 unspecified atom stereocenters. The highest BCUT2D eigenvalue weighted by atomic mass is 79.9. The summed E-state index contributed by atoms with van der Waals surface area (Å²) in [7, 11) is 0. The maximum absolute atomic E-state index is 5.64. The van der Waals surface area contributed by atoms with Crippen molar-refractivity contribution < 1.29 is 0 Å². The summed E-state index contributed by atoms with van der Waals surface area (Å²) < 4.78 is 2.77. The Hall–Kier alpha value is -1.31. The molecule has 6 nitrogen and oxygen atoms in total. The summed E-state index contributed by atoms with van der Waals surface area (Å²) in [5, 5.41) is 4.33. The molecule has 0 aliphatic heterocycles. The standard InChI is InChI=1S/C11H15BrN6/c1-7(2)18-10(8(12)6-16-18)9(17-13)11-14-4-3-5-15-11/h3-7,9,17H,13H2,1-2H3. The maximum atomic E-state index is 5.64. The molecule has 0 aliphatic rings. The summed E-state index contributed by atoms with van der Waals surface area (Å²) in [4.78, 5) is 8.46. The van der Waals surface area contributed by atoms with Crippen molar-refractivity contribution >= 4 is 15.9 Å². The Bertz CT molecular complexity index is 510. The van der Waals surface area contributed by atoms with E-state index in [9.17, 15) is 0 Å². The highest BCUT2D eigenvalue weighted by molar-refractivity contribution is 9.10. The lowest BCUT2D eigenvalue weighted by Crippen LogP contribution is -2.32. The number of nitrogens with one attached hydrogen (secondary N) is 1. The summed E-state index contributed by atoms with van der Waals surface area (Å²) in [5.74, 6) is 6.26. The van der Waals surface area contributed by atoms with Gasteiger partial charge in [0.05, 0.1) is 16.4 Å². The quantitative estimate of drug-likeness (QED) is 0.661. The zero-order valence-corrected chi connectivity index (χ0v) is 11.8. The molecule has 2 rings (SSSR count). The average molecular weight is 311 g/mol. The molecule has 0 saturated heterocycles. The van der Waals surface area contributed by atoms with E-state index < -0.39 is 0 Å². The molecule has 96 valence electrons. The van der Waals surface area contributed by atoms with Gasteiger partial charge in [-0.3, -0.25) is 10.5 Å². The minimum absolute atomic E-state index is 0.228. The summed E-state index contributed by atoms with van der Waals surface area (Å²) >= 11 is 3.49. The van der Waals surface area contributed by atoms with Gasteiger partial charge in [-0.2, -0.15) is 5.10 Å². The number of aromatic nitrogens is 4. The third-order valence-electron chi connectivity index (χ3n) is 2.56. The van der Waals surface area contributed by atoms with E-state index in [1.54, 1.807) is 24.7 Å². The lowest BCUT2D eigenvalue weighted by molar-refractivity contribution is 0.467. The molecule has 0 aromatic carbocycles. The van der Waals surface area contributed by atoms with Gasteiger partial charge in [0, 0.05) is 18.4 Å². The fourth-order valence-electron chi connectivity index (χ4n) is 1.77. The van der Waals surface area contributed by atoms with Gasteiger partial charge < -0.3 is 0 Å². The molecule has 2 aromatic rings. The van der Waals surface area contributed by atoms with Gasteiger partial charge in [0.25, 0.3) is 0 Å². The number of hydrazine groups is 1. The van der Waals surface area contributed by atoms with Crippen LogP contribution >= 0.6 is 15.9 Å². The second-order valence-electron chi connectivity index (χ2n) is 4.12. The predicted molar refractivity (Wildman–Crippen MR) is 71.5 cm³/mol. The van der Waals surface area contributed by atoms with Crippen LogP contribution in [-0.4, -0.2) is 19.7 Å². The van der Waals surface area contributed by atoms with Gasteiger partial charge in [-0.15, -0.1) is 0 Å². The molecular formula is C11H15BrN6. The molecule has 0 aliphatic carbocycles. The van der Waals surface area contributed by atoms with Crippen molar-refractivity contribution in [1.29, 1.82) is 0 Å². The molecular weight excluding hydrogens is 296 g/mol. The summed E-state index contributed by atoms with van der Waals surface area (Å²) in [6.45, 7) is 4.12. The van der Waals surface area contributed by atoms with Crippen molar-refractivity contribution in [3.05, 3.63) is 40.6 Å². The summed E-state index contributed by atoms with van der Waals surface area (Å²) in [6.07, 6.45) is 5.13. The average Bonchev–Trinajstić information content (AvgIpc) is 2.74. The first-order valence-corrected chi connectivity index (χ1v) is 6.40. The number of hydrogen-bond acceptors (Lipinski definition) is 5. The monoisotopic (exact) mass is 310 g/mol. The molecule has 0 spiro atoms. The maximum Gasteiger partial charge on any atom is 0.152 e. The highest BCUT2D eigenvalue weighted by Crippen LogP contribution is 2.28. The lowest BCUT2D eigenvalue weighted by Gasteiger charge is -2.19. The fourth-order valence-corrected chi connectivity index (χ4v) is 2.27. The van der Waals surface area contributed by atoms with Gasteiger partial charge in [0.15, 0.2) is 5.82 Å². The van der Waals surface area contributed by atoms with E-state index in [0.717, 1.165) is 10.2 Å². The van der Waals surface area contributed by atoms with Crippen LogP contribution in [0.1, 0.15) is 37.4 Å². The topological polar surface area (TPSA) is 81.7 Å². The Morgan fingerprint density at radius 3 is 2.56 bits per heavy atom. The first-order chi connectivity index (χ1) is 8.65. The smallest absolute Gasteiger partial charge is 0.152 e. The van der Waals surface area contributed by atoms with Crippen LogP contribution in [0.4, 0.5) is 0 Å². The second kappa shape index (κ2) is 5.55. The van der Waals surface area contributed by atoms with Gasteiger partial charge in [-0.1, -0.05) is 0 Å². The molecule has 0 amide bonds. The van der Waals surface area contributed by atoms with E-state index in [0.29, 0.717) is 5.82 Å². The molecule has 1 atom stereocenters. The van der Waals surface area contributed by atoms with Gasteiger partial charge in [-0.25, -0.2) is 15.4 Å². The SMILES string of the molecule is CC(C)n1ncc(Br)c1C(NN)c1ncccn1. The van der Waals surface area contributed by atoms with E-state index in [1.807, 2.05) is 4.68 Å². The van der Waals surface area contributed by atoms with Gasteiger partial charge >= 0.3 is 0 Å².